The third-order valence-electron chi connectivity index (χ3n) is 4.01. The van der Waals surface area contributed by atoms with E-state index >= 15 is 0 Å². The second kappa shape index (κ2) is 6.83. The number of anilines is 1. The Kier molecular flexibility index (Phi) is 4.60. The molecule has 124 valence electrons. The average molecular weight is 323 g/mol. The minimum atomic E-state index is -0.267. The summed E-state index contributed by atoms with van der Waals surface area (Å²) in [7, 11) is 0. The third-order valence-corrected chi connectivity index (χ3v) is 4.01. The fraction of sp³-hybridized carbons (Fsp3) is 0.316. The van der Waals surface area contributed by atoms with Crippen molar-refractivity contribution in [3.63, 3.8) is 0 Å². The lowest BCUT2D eigenvalue weighted by molar-refractivity contribution is 0.0950. The van der Waals surface area contributed by atoms with Crippen LogP contribution in [0.25, 0.3) is 0 Å². The number of para-hydroxylation sites is 1. The average Bonchev–Trinajstić information content (AvgIpc) is 3.39. The van der Waals surface area contributed by atoms with Gasteiger partial charge in [0.05, 0.1) is 11.1 Å². The predicted molar refractivity (Wildman–Crippen MR) is 93.2 cm³/mol. The molecule has 0 aliphatic heterocycles. The van der Waals surface area contributed by atoms with E-state index in [2.05, 4.69) is 29.5 Å². The highest BCUT2D eigenvalue weighted by Crippen LogP contribution is 2.24. The molecule has 1 aliphatic carbocycles. The van der Waals surface area contributed by atoms with Crippen molar-refractivity contribution in [2.45, 2.75) is 38.6 Å². The molecule has 3 rings (SSSR count). The van der Waals surface area contributed by atoms with E-state index < -0.39 is 0 Å². The van der Waals surface area contributed by atoms with Crippen LogP contribution in [0, 0.1) is 0 Å². The van der Waals surface area contributed by atoms with Crippen LogP contribution in [0.1, 0.15) is 58.9 Å². The molecule has 2 amide bonds. The smallest absolute Gasteiger partial charge is 0.257 e. The van der Waals surface area contributed by atoms with E-state index in [1.165, 1.54) is 12.4 Å². The van der Waals surface area contributed by atoms with Crippen LogP contribution in [0.15, 0.2) is 42.7 Å². The maximum atomic E-state index is 12.5. The summed E-state index contributed by atoms with van der Waals surface area (Å²) in [6.07, 6.45) is 4.99. The number of rotatable bonds is 5. The summed E-state index contributed by atoms with van der Waals surface area (Å²) in [5.41, 5.74) is 2.63. The summed E-state index contributed by atoms with van der Waals surface area (Å²) in [6.45, 7) is 4.16. The molecule has 24 heavy (non-hydrogen) atoms. The van der Waals surface area contributed by atoms with Crippen molar-refractivity contribution in [1.82, 2.24) is 10.3 Å². The van der Waals surface area contributed by atoms with Gasteiger partial charge >= 0.3 is 0 Å². The zero-order valence-electron chi connectivity index (χ0n) is 13.9. The van der Waals surface area contributed by atoms with E-state index in [-0.39, 0.29) is 17.9 Å². The lowest BCUT2D eigenvalue weighted by atomic mass is 10.0. The Balaban J connectivity index is 1.76. The molecule has 2 N–H and O–H groups in total. The Morgan fingerprint density at radius 3 is 2.42 bits per heavy atom. The first-order chi connectivity index (χ1) is 11.5. The van der Waals surface area contributed by atoms with Gasteiger partial charge in [0.25, 0.3) is 11.8 Å². The molecule has 1 aliphatic rings. The Bertz CT molecular complexity index is 767. The molecule has 1 saturated carbocycles. The van der Waals surface area contributed by atoms with Crippen molar-refractivity contribution >= 4 is 17.5 Å². The van der Waals surface area contributed by atoms with Crippen LogP contribution in [0.2, 0.25) is 0 Å². The van der Waals surface area contributed by atoms with Crippen molar-refractivity contribution in [3.8, 4) is 0 Å². The van der Waals surface area contributed by atoms with Gasteiger partial charge < -0.3 is 10.6 Å². The van der Waals surface area contributed by atoms with E-state index in [1.807, 2.05) is 24.3 Å². The van der Waals surface area contributed by atoms with Crippen LogP contribution in [-0.4, -0.2) is 22.8 Å². The van der Waals surface area contributed by atoms with Gasteiger partial charge in [-0.2, -0.15) is 0 Å². The zero-order valence-corrected chi connectivity index (χ0v) is 13.9. The quantitative estimate of drug-likeness (QED) is 0.886. The first-order valence-electron chi connectivity index (χ1n) is 8.21. The molecule has 0 spiro atoms. The van der Waals surface area contributed by atoms with Gasteiger partial charge in [-0.05, 0) is 36.5 Å². The van der Waals surface area contributed by atoms with Crippen LogP contribution in [0.4, 0.5) is 5.69 Å². The van der Waals surface area contributed by atoms with E-state index in [1.54, 1.807) is 6.07 Å². The summed E-state index contributed by atoms with van der Waals surface area (Å²) in [5, 5.41) is 5.82. The van der Waals surface area contributed by atoms with Gasteiger partial charge in [0.15, 0.2) is 0 Å². The number of nitrogens with one attached hydrogen (secondary N) is 2. The summed E-state index contributed by atoms with van der Waals surface area (Å²) >= 11 is 0. The molecule has 1 fully saturated rings. The monoisotopic (exact) mass is 323 g/mol. The minimum absolute atomic E-state index is 0.178. The fourth-order valence-corrected chi connectivity index (χ4v) is 2.49. The van der Waals surface area contributed by atoms with Crippen molar-refractivity contribution in [3.05, 3.63) is 59.4 Å². The molecule has 0 saturated heterocycles. The summed E-state index contributed by atoms with van der Waals surface area (Å²) in [4.78, 5) is 28.6. The van der Waals surface area contributed by atoms with Gasteiger partial charge in [0.1, 0.15) is 0 Å². The van der Waals surface area contributed by atoms with Crippen molar-refractivity contribution < 1.29 is 9.59 Å². The Morgan fingerprint density at radius 2 is 1.75 bits per heavy atom. The fourth-order valence-electron chi connectivity index (χ4n) is 2.49. The van der Waals surface area contributed by atoms with Crippen molar-refractivity contribution in [2.24, 2.45) is 0 Å². The van der Waals surface area contributed by atoms with Crippen molar-refractivity contribution in [1.29, 1.82) is 0 Å². The second-order valence-corrected chi connectivity index (χ2v) is 6.41. The number of nitrogens with zero attached hydrogens (tertiary/aromatic N) is 1. The van der Waals surface area contributed by atoms with Crippen LogP contribution in [-0.2, 0) is 0 Å². The van der Waals surface area contributed by atoms with E-state index in [9.17, 15) is 9.59 Å². The molecule has 0 bridgehead atoms. The molecule has 2 aromatic rings. The van der Waals surface area contributed by atoms with Crippen LogP contribution < -0.4 is 10.6 Å². The molecule has 5 nitrogen and oxygen atoms in total. The number of carbonyl (C=O) groups excluding carboxylic acids is 2. The Morgan fingerprint density at radius 1 is 1.08 bits per heavy atom. The van der Waals surface area contributed by atoms with Gasteiger partial charge in [-0.25, -0.2) is 0 Å². The van der Waals surface area contributed by atoms with Crippen LogP contribution >= 0.6 is 0 Å². The highest BCUT2D eigenvalue weighted by molar-refractivity contribution is 6.06. The topological polar surface area (TPSA) is 71.1 Å². The number of hydrogen-bond donors (Lipinski definition) is 2. The van der Waals surface area contributed by atoms with E-state index in [4.69, 9.17) is 0 Å². The number of amides is 2. The Labute approximate surface area is 141 Å². The first kappa shape index (κ1) is 16.2. The van der Waals surface area contributed by atoms with E-state index in [0.29, 0.717) is 17.0 Å². The maximum Gasteiger partial charge on any atom is 0.257 e. The molecule has 0 atom stereocenters. The summed E-state index contributed by atoms with van der Waals surface area (Å²) in [5.74, 6) is -0.144. The van der Waals surface area contributed by atoms with Gasteiger partial charge in [0.2, 0.25) is 0 Å². The first-order valence-corrected chi connectivity index (χ1v) is 8.21. The maximum absolute atomic E-state index is 12.5. The standard InChI is InChI=1S/C19H21N3O2/c1-12(2)16-5-3-4-6-17(16)22-19(24)14-9-13(10-20-11-14)18(23)21-15-7-8-15/h3-6,9-12,15H,7-8H2,1-2H3,(H,21,23)(H,22,24). The molecular weight excluding hydrogens is 302 g/mol. The summed E-state index contributed by atoms with van der Waals surface area (Å²) < 4.78 is 0. The van der Waals surface area contributed by atoms with Crippen molar-refractivity contribution in [2.75, 3.05) is 5.32 Å². The van der Waals surface area contributed by atoms with E-state index in [0.717, 1.165) is 24.1 Å². The van der Waals surface area contributed by atoms with Crippen LogP contribution in [0.5, 0.6) is 0 Å². The largest absolute Gasteiger partial charge is 0.349 e. The molecule has 1 aromatic heterocycles. The molecule has 0 unspecified atom stereocenters. The lowest BCUT2D eigenvalue weighted by Gasteiger charge is -2.13. The normalized spacial score (nSPS) is 13.6. The summed E-state index contributed by atoms with van der Waals surface area (Å²) in [6, 6.07) is 9.57. The molecular formula is C19H21N3O2. The minimum Gasteiger partial charge on any atom is -0.349 e. The highest BCUT2D eigenvalue weighted by Gasteiger charge is 2.24. The SMILES string of the molecule is CC(C)c1ccccc1NC(=O)c1cncc(C(=O)NC2CC2)c1. The lowest BCUT2D eigenvalue weighted by Crippen LogP contribution is -2.26. The molecule has 1 aromatic carbocycles. The molecule has 1 heterocycles. The number of pyridine rings is 1. The number of hydrogen-bond acceptors (Lipinski definition) is 3. The molecule has 5 heteroatoms. The van der Waals surface area contributed by atoms with Crippen LogP contribution in [0.3, 0.4) is 0 Å². The van der Waals surface area contributed by atoms with Gasteiger partial charge in [-0.1, -0.05) is 32.0 Å². The molecule has 0 radical (unpaired) electrons. The predicted octanol–water partition coefficient (Wildman–Crippen LogP) is 3.35. The van der Waals surface area contributed by atoms with Gasteiger partial charge in [-0.15, -0.1) is 0 Å². The number of aromatic nitrogens is 1. The third kappa shape index (κ3) is 3.79. The second-order valence-electron chi connectivity index (χ2n) is 6.41. The van der Waals surface area contributed by atoms with Gasteiger partial charge in [0, 0.05) is 24.1 Å². The number of carbonyl (C=O) groups is 2. The highest BCUT2D eigenvalue weighted by atomic mass is 16.2. The Hall–Kier alpha value is -2.69. The number of benzene rings is 1. The van der Waals surface area contributed by atoms with Gasteiger partial charge in [-0.3, -0.25) is 14.6 Å². The zero-order chi connectivity index (χ0) is 17.1.